The highest BCUT2D eigenvalue weighted by molar-refractivity contribution is 9.09. The lowest BCUT2D eigenvalue weighted by molar-refractivity contribution is 0.260. The van der Waals surface area contributed by atoms with Crippen LogP contribution in [-0.2, 0) is 0 Å². The quantitative estimate of drug-likeness (QED) is 0.634. The molecule has 0 heterocycles. The Hall–Kier alpha value is 0.480. The molecule has 0 aromatic rings. The standard InChI is InChI=1S/C11H21Br/c1-3-5-10-8-9(4-2)6-7-11(10)12/h9-11H,3-8H2,1-2H3. The van der Waals surface area contributed by atoms with Gasteiger partial charge in [-0.05, 0) is 37.5 Å². The number of rotatable bonds is 3. The largest absolute Gasteiger partial charge is 0.0888 e. The topological polar surface area (TPSA) is 0 Å². The van der Waals surface area contributed by atoms with E-state index in [9.17, 15) is 0 Å². The van der Waals surface area contributed by atoms with E-state index in [-0.39, 0.29) is 0 Å². The molecule has 72 valence electrons. The highest BCUT2D eigenvalue weighted by Gasteiger charge is 2.26. The lowest BCUT2D eigenvalue weighted by Gasteiger charge is -2.32. The van der Waals surface area contributed by atoms with Gasteiger partial charge in [0.25, 0.3) is 0 Å². The predicted octanol–water partition coefficient (Wildman–Crippen LogP) is 4.38. The van der Waals surface area contributed by atoms with Crippen LogP contribution in [-0.4, -0.2) is 4.83 Å². The van der Waals surface area contributed by atoms with E-state index in [0.717, 1.165) is 16.7 Å². The van der Waals surface area contributed by atoms with Gasteiger partial charge in [-0.3, -0.25) is 0 Å². The van der Waals surface area contributed by atoms with Crippen molar-refractivity contribution in [1.82, 2.24) is 0 Å². The minimum atomic E-state index is 0.820. The molecular weight excluding hydrogens is 212 g/mol. The Bertz CT molecular complexity index is 122. The normalized spacial score (nSPS) is 36.8. The third-order valence-corrected chi connectivity index (χ3v) is 4.44. The molecule has 1 fully saturated rings. The van der Waals surface area contributed by atoms with Crippen molar-refractivity contribution >= 4 is 15.9 Å². The van der Waals surface area contributed by atoms with Crippen LogP contribution in [0.4, 0.5) is 0 Å². The molecule has 0 nitrogen and oxygen atoms in total. The molecule has 12 heavy (non-hydrogen) atoms. The third-order valence-electron chi connectivity index (χ3n) is 3.24. The Labute approximate surface area is 85.3 Å². The molecule has 3 atom stereocenters. The summed E-state index contributed by atoms with van der Waals surface area (Å²) in [5, 5.41) is 0. The van der Waals surface area contributed by atoms with Crippen molar-refractivity contribution in [2.75, 3.05) is 0 Å². The number of halogens is 1. The number of hydrogen-bond acceptors (Lipinski definition) is 0. The second kappa shape index (κ2) is 5.26. The first kappa shape index (κ1) is 10.6. The highest BCUT2D eigenvalue weighted by Crippen LogP contribution is 2.37. The summed E-state index contributed by atoms with van der Waals surface area (Å²) < 4.78 is 0. The highest BCUT2D eigenvalue weighted by atomic mass is 79.9. The molecular formula is C11H21Br. The van der Waals surface area contributed by atoms with Crippen LogP contribution in [0.2, 0.25) is 0 Å². The summed E-state index contributed by atoms with van der Waals surface area (Å²) in [6, 6.07) is 0. The molecule has 0 N–H and O–H groups in total. The maximum atomic E-state index is 3.81. The molecule has 1 rings (SSSR count). The summed E-state index contributed by atoms with van der Waals surface area (Å²) in [5.41, 5.74) is 0. The van der Waals surface area contributed by atoms with Crippen molar-refractivity contribution in [3.05, 3.63) is 0 Å². The van der Waals surface area contributed by atoms with E-state index in [2.05, 4.69) is 29.8 Å². The van der Waals surface area contributed by atoms with Crippen LogP contribution >= 0.6 is 15.9 Å². The van der Waals surface area contributed by atoms with Crippen LogP contribution in [0.5, 0.6) is 0 Å². The van der Waals surface area contributed by atoms with Gasteiger partial charge in [-0.15, -0.1) is 0 Å². The van der Waals surface area contributed by atoms with Gasteiger partial charge in [0.2, 0.25) is 0 Å². The average Bonchev–Trinajstić information content (AvgIpc) is 2.09. The van der Waals surface area contributed by atoms with Gasteiger partial charge in [0.05, 0.1) is 0 Å². The molecule has 0 saturated heterocycles. The molecule has 0 bridgehead atoms. The molecule has 0 aromatic heterocycles. The Kier molecular flexibility index (Phi) is 4.63. The fraction of sp³-hybridized carbons (Fsp3) is 1.00. The summed E-state index contributed by atoms with van der Waals surface area (Å²) >= 11 is 3.81. The van der Waals surface area contributed by atoms with Crippen LogP contribution < -0.4 is 0 Å². The van der Waals surface area contributed by atoms with Crippen molar-refractivity contribution in [3.63, 3.8) is 0 Å². The van der Waals surface area contributed by atoms with Crippen LogP contribution in [0, 0.1) is 11.8 Å². The SMILES string of the molecule is CCCC1CC(CC)CCC1Br. The Morgan fingerprint density at radius 1 is 1.25 bits per heavy atom. The van der Waals surface area contributed by atoms with Gasteiger partial charge in [-0.25, -0.2) is 0 Å². The number of hydrogen-bond donors (Lipinski definition) is 0. The van der Waals surface area contributed by atoms with E-state index in [0.29, 0.717) is 0 Å². The van der Waals surface area contributed by atoms with Crippen LogP contribution in [0.25, 0.3) is 0 Å². The summed E-state index contributed by atoms with van der Waals surface area (Å²) in [4.78, 5) is 0.820. The molecule has 0 amide bonds. The zero-order valence-electron chi connectivity index (χ0n) is 8.35. The first-order valence-electron chi connectivity index (χ1n) is 5.42. The van der Waals surface area contributed by atoms with Crippen LogP contribution in [0.1, 0.15) is 52.4 Å². The minimum absolute atomic E-state index is 0.820. The van der Waals surface area contributed by atoms with Crippen molar-refractivity contribution in [3.8, 4) is 0 Å². The molecule has 3 unspecified atom stereocenters. The first-order valence-corrected chi connectivity index (χ1v) is 6.33. The summed E-state index contributed by atoms with van der Waals surface area (Å²) in [6.45, 7) is 4.64. The van der Waals surface area contributed by atoms with E-state index in [1.165, 1.54) is 38.5 Å². The molecule has 1 aliphatic rings. The van der Waals surface area contributed by atoms with Crippen LogP contribution in [0.15, 0.2) is 0 Å². The van der Waals surface area contributed by atoms with Gasteiger partial charge in [-0.1, -0.05) is 42.6 Å². The second-order valence-electron chi connectivity index (χ2n) is 4.15. The lowest BCUT2D eigenvalue weighted by atomic mass is 9.78. The molecule has 0 aromatic carbocycles. The minimum Gasteiger partial charge on any atom is -0.0888 e. The third kappa shape index (κ3) is 2.76. The van der Waals surface area contributed by atoms with Crippen molar-refractivity contribution in [2.24, 2.45) is 11.8 Å². The summed E-state index contributed by atoms with van der Waals surface area (Å²) in [5.74, 6) is 1.99. The summed E-state index contributed by atoms with van der Waals surface area (Å²) in [6.07, 6.45) is 8.49. The smallest absolute Gasteiger partial charge is 0.0174 e. The van der Waals surface area contributed by atoms with Gasteiger partial charge in [0.1, 0.15) is 0 Å². The van der Waals surface area contributed by atoms with Crippen LogP contribution in [0.3, 0.4) is 0 Å². The lowest BCUT2D eigenvalue weighted by Crippen LogP contribution is -2.24. The van der Waals surface area contributed by atoms with Crippen molar-refractivity contribution < 1.29 is 0 Å². The second-order valence-corrected chi connectivity index (χ2v) is 5.33. The zero-order chi connectivity index (χ0) is 8.97. The van der Waals surface area contributed by atoms with E-state index < -0.39 is 0 Å². The predicted molar refractivity (Wildman–Crippen MR) is 58.7 cm³/mol. The monoisotopic (exact) mass is 232 g/mol. The maximum absolute atomic E-state index is 3.81. The molecule has 0 aliphatic heterocycles. The number of alkyl halides is 1. The van der Waals surface area contributed by atoms with E-state index >= 15 is 0 Å². The van der Waals surface area contributed by atoms with Crippen molar-refractivity contribution in [1.29, 1.82) is 0 Å². The Balaban J connectivity index is 2.36. The van der Waals surface area contributed by atoms with Gasteiger partial charge in [0.15, 0.2) is 0 Å². The summed E-state index contributed by atoms with van der Waals surface area (Å²) in [7, 11) is 0. The maximum Gasteiger partial charge on any atom is 0.0174 e. The van der Waals surface area contributed by atoms with Gasteiger partial charge >= 0.3 is 0 Å². The molecule has 0 radical (unpaired) electrons. The van der Waals surface area contributed by atoms with Gasteiger partial charge in [-0.2, -0.15) is 0 Å². The fourth-order valence-electron chi connectivity index (χ4n) is 2.36. The van der Waals surface area contributed by atoms with E-state index in [4.69, 9.17) is 0 Å². The molecule has 1 saturated carbocycles. The molecule has 1 aliphatic carbocycles. The Morgan fingerprint density at radius 2 is 2.00 bits per heavy atom. The first-order chi connectivity index (χ1) is 5.77. The van der Waals surface area contributed by atoms with Gasteiger partial charge < -0.3 is 0 Å². The van der Waals surface area contributed by atoms with E-state index in [1.54, 1.807) is 0 Å². The van der Waals surface area contributed by atoms with Gasteiger partial charge in [0, 0.05) is 4.83 Å². The Morgan fingerprint density at radius 3 is 2.58 bits per heavy atom. The van der Waals surface area contributed by atoms with Crippen molar-refractivity contribution in [2.45, 2.75) is 57.2 Å². The average molecular weight is 233 g/mol. The fourth-order valence-corrected chi connectivity index (χ4v) is 3.11. The molecule has 1 heteroatoms. The zero-order valence-corrected chi connectivity index (χ0v) is 9.94. The molecule has 0 spiro atoms. The van der Waals surface area contributed by atoms with E-state index in [1.807, 2.05) is 0 Å².